The molecule has 0 aromatic rings. The standard InChI is InChI=1S/C9H7F12O2P/c10-4(11)6(14,15)8(18,19)9(20,21)7(16,17)5(12,13)2-23-3(22)1-24/h4H,1-2,24H2. The van der Waals surface area contributed by atoms with Crippen molar-refractivity contribution in [3.05, 3.63) is 0 Å². The predicted octanol–water partition coefficient (Wildman–Crippen LogP) is 3.85. The summed E-state index contributed by atoms with van der Waals surface area (Å²) in [5.41, 5.74) is 0. The van der Waals surface area contributed by atoms with Gasteiger partial charge in [0.15, 0.2) is 6.61 Å². The molecule has 0 aliphatic carbocycles. The molecule has 0 amide bonds. The van der Waals surface area contributed by atoms with E-state index in [1.165, 1.54) is 0 Å². The number of alkyl halides is 12. The summed E-state index contributed by atoms with van der Waals surface area (Å²) in [6.45, 7) is -2.88. The summed E-state index contributed by atoms with van der Waals surface area (Å²) in [6, 6.07) is 0. The zero-order chi connectivity index (χ0) is 19.8. The van der Waals surface area contributed by atoms with Gasteiger partial charge < -0.3 is 4.74 Å². The van der Waals surface area contributed by atoms with Crippen LogP contribution < -0.4 is 0 Å². The van der Waals surface area contributed by atoms with Gasteiger partial charge in [0.1, 0.15) is 0 Å². The summed E-state index contributed by atoms with van der Waals surface area (Å²) in [4.78, 5) is 10.5. The number of rotatable bonds is 8. The van der Waals surface area contributed by atoms with Crippen LogP contribution in [0.2, 0.25) is 0 Å². The highest BCUT2D eigenvalue weighted by atomic mass is 31.0. The molecule has 0 aromatic carbocycles. The molecule has 0 spiro atoms. The normalized spacial score (nSPS) is 14.9. The average Bonchev–Trinajstić information content (AvgIpc) is 2.43. The predicted molar refractivity (Wildman–Crippen MR) is 56.3 cm³/mol. The van der Waals surface area contributed by atoms with Crippen molar-refractivity contribution in [1.82, 2.24) is 0 Å². The third-order valence-electron chi connectivity index (χ3n) is 2.52. The molecule has 0 aromatic heterocycles. The fraction of sp³-hybridized carbons (Fsp3) is 0.889. The van der Waals surface area contributed by atoms with E-state index in [0.29, 0.717) is 0 Å². The highest BCUT2D eigenvalue weighted by Gasteiger charge is 2.87. The third-order valence-corrected chi connectivity index (χ3v) is 2.86. The Hall–Kier alpha value is -0.940. The number of hydrogen-bond donors (Lipinski definition) is 0. The number of carbonyl (C=O) groups is 1. The van der Waals surface area contributed by atoms with Crippen molar-refractivity contribution in [2.45, 2.75) is 36.0 Å². The molecule has 0 heterocycles. The Labute approximate surface area is 127 Å². The first-order valence-corrected chi connectivity index (χ1v) is 6.24. The number of esters is 1. The van der Waals surface area contributed by atoms with Gasteiger partial charge in [-0.15, -0.1) is 9.24 Å². The van der Waals surface area contributed by atoms with Crippen LogP contribution in [0.15, 0.2) is 0 Å². The average molecular weight is 406 g/mol. The largest absolute Gasteiger partial charge is 0.459 e. The molecule has 0 N–H and O–H groups in total. The molecule has 0 bridgehead atoms. The lowest BCUT2D eigenvalue weighted by molar-refractivity contribution is -0.414. The maximum Gasteiger partial charge on any atom is 0.384 e. The van der Waals surface area contributed by atoms with Gasteiger partial charge in [0.25, 0.3) is 0 Å². The molecule has 0 aliphatic rings. The molecule has 15 heteroatoms. The van der Waals surface area contributed by atoms with Crippen molar-refractivity contribution in [3.8, 4) is 0 Å². The van der Waals surface area contributed by atoms with Crippen molar-refractivity contribution < 1.29 is 62.2 Å². The monoisotopic (exact) mass is 406 g/mol. The molecule has 1 atom stereocenters. The Morgan fingerprint density at radius 2 is 1.25 bits per heavy atom. The van der Waals surface area contributed by atoms with Crippen LogP contribution in [0.25, 0.3) is 0 Å². The summed E-state index contributed by atoms with van der Waals surface area (Å²) in [5, 5.41) is 0. The summed E-state index contributed by atoms with van der Waals surface area (Å²) in [6.07, 6.45) is -6.34. The first-order chi connectivity index (χ1) is 10.4. The van der Waals surface area contributed by atoms with Crippen LogP contribution in [0.1, 0.15) is 0 Å². The van der Waals surface area contributed by atoms with Gasteiger partial charge in [-0.3, -0.25) is 4.79 Å². The first-order valence-electron chi connectivity index (χ1n) is 5.43. The van der Waals surface area contributed by atoms with E-state index in [1.807, 2.05) is 0 Å². The van der Waals surface area contributed by atoms with E-state index in [4.69, 9.17) is 0 Å². The topological polar surface area (TPSA) is 26.3 Å². The molecule has 0 saturated heterocycles. The van der Waals surface area contributed by atoms with E-state index in [1.54, 1.807) is 9.24 Å². The molecule has 0 radical (unpaired) electrons. The van der Waals surface area contributed by atoms with Crippen molar-refractivity contribution in [1.29, 1.82) is 0 Å². The molecular formula is C9H7F12O2P. The Balaban J connectivity index is 5.84. The molecule has 1 unspecified atom stereocenters. The number of hydrogen-bond acceptors (Lipinski definition) is 2. The first kappa shape index (κ1) is 23.1. The second-order valence-corrected chi connectivity index (χ2v) is 4.62. The van der Waals surface area contributed by atoms with E-state index in [-0.39, 0.29) is 0 Å². The van der Waals surface area contributed by atoms with Crippen LogP contribution in [-0.2, 0) is 9.53 Å². The zero-order valence-electron chi connectivity index (χ0n) is 10.9. The van der Waals surface area contributed by atoms with Gasteiger partial charge in [-0.1, -0.05) is 0 Å². The van der Waals surface area contributed by atoms with Gasteiger partial charge in [-0.05, 0) is 0 Å². The second-order valence-electron chi connectivity index (χ2n) is 4.22. The second kappa shape index (κ2) is 6.75. The van der Waals surface area contributed by atoms with Crippen LogP contribution in [0.3, 0.4) is 0 Å². The van der Waals surface area contributed by atoms with Crippen LogP contribution >= 0.6 is 9.24 Å². The number of halogens is 12. The number of ether oxygens (including phenoxy) is 1. The quantitative estimate of drug-likeness (QED) is 0.348. The van der Waals surface area contributed by atoms with Crippen LogP contribution in [0, 0.1) is 0 Å². The van der Waals surface area contributed by atoms with Crippen LogP contribution in [0.5, 0.6) is 0 Å². The van der Waals surface area contributed by atoms with E-state index in [9.17, 15) is 57.5 Å². The van der Waals surface area contributed by atoms with Crippen molar-refractivity contribution in [2.24, 2.45) is 0 Å². The summed E-state index contributed by atoms with van der Waals surface area (Å²) < 4.78 is 156. The van der Waals surface area contributed by atoms with E-state index < -0.39 is 54.8 Å². The summed E-state index contributed by atoms with van der Waals surface area (Å²) in [5.74, 6) is -37.4. The van der Waals surface area contributed by atoms with Crippen molar-refractivity contribution >= 4 is 15.2 Å². The Kier molecular flexibility index (Phi) is 6.49. The van der Waals surface area contributed by atoms with E-state index in [2.05, 4.69) is 4.74 Å². The zero-order valence-corrected chi connectivity index (χ0v) is 12.1. The molecule has 2 nitrogen and oxygen atoms in total. The molecule has 0 fully saturated rings. The van der Waals surface area contributed by atoms with E-state index in [0.717, 1.165) is 0 Å². The Morgan fingerprint density at radius 3 is 1.58 bits per heavy atom. The molecule has 0 aliphatic heterocycles. The summed E-state index contributed by atoms with van der Waals surface area (Å²) >= 11 is 0. The van der Waals surface area contributed by atoms with Gasteiger partial charge in [0, 0.05) is 0 Å². The lowest BCUT2D eigenvalue weighted by atomic mass is 9.94. The van der Waals surface area contributed by atoms with Crippen molar-refractivity contribution in [3.63, 3.8) is 0 Å². The highest BCUT2D eigenvalue weighted by Crippen LogP contribution is 2.58. The molecule has 0 saturated carbocycles. The van der Waals surface area contributed by atoms with Crippen LogP contribution in [-0.4, -0.2) is 54.8 Å². The Morgan fingerprint density at radius 1 is 0.833 bits per heavy atom. The van der Waals surface area contributed by atoms with Crippen LogP contribution in [0.4, 0.5) is 52.7 Å². The SMILES string of the molecule is O=C(CP)OCC(F)(F)C(F)(F)C(F)(F)C(F)(F)C(F)(F)C(F)F. The minimum Gasteiger partial charge on any atom is -0.459 e. The molecule has 144 valence electrons. The van der Waals surface area contributed by atoms with Gasteiger partial charge in [0.05, 0.1) is 6.16 Å². The van der Waals surface area contributed by atoms with Gasteiger partial charge in [-0.2, -0.15) is 43.9 Å². The van der Waals surface area contributed by atoms with E-state index >= 15 is 0 Å². The minimum absolute atomic E-state index is 0.780. The highest BCUT2D eigenvalue weighted by molar-refractivity contribution is 7.18. The maximum absolute atomic E-state index is 13.1. The smallest absolute Gasteiger partial charge is 0.384 e. The lowest BCUT2D eigenvalue weighted by Crippen LogP contribution is -2.69. The maximum atomic E-state index is 13.1. The Bertz CT molecular complexity index is 463. The fourth-order valence-electron chi connectivity index (χ4n) is 1.09. The third kappa shape index (κ3) is 3.52. The lowest BCUT2D eigenvalue weighted by Gasteiger charge is -2.38. The molecule has 0 rings (SSSR count). The van der Waals surface area contributed by atoms with Crippen molar-refractivity contribution in [2.75, 3.05) is 12.8 Å². The molecular weight excluding hydrogens is 399 g/mol. The fourth-order valence-corrected chi connectivity index (χ4v) is 1.21. The summed E-state index contributed by atoms with van der Waals surface area (Å²) in [7, 11) is 1.55. The van der Waals surface area contributed by atoms with Gasteiger partial charge in [0.2, 0.25) is 0 Å². The minimum atomic E-state index is -7.61. The number of carbonyl (C=O) groups excluding carboxylic acids is 1. The van der Waals surface area contributed by atoms with Gasteiger partial charge in [-0.25, -0.2) is 8.78 Å². The van der Waals surface area contributed by atoms with Gasteiger partial charge >= 0.3 is 42.0 Å². The molecule has 24 heavy (non-hydrogen) atoms.